The lowest BCUT2D eigenvalue weighted by Crippen LogP contribution is -2.37. The van der Waals surface area contributed by atoms with Crippen LogP contribution in [0.2, 0.25) is 0 Å². The molecule has 4 nitrogen and oxygen atoms in total. The van der Waals surface area contributed by atoms with Crippen molar-refractivity contribution in [3.8, 4) is 0 Å². The van der Waals surface area contributed by atoms with Crippen molar-refractivity contribution >= 4 is 17.5 Å². The molecule has 0 aromatic heterocycles. The summed E-state index contributed by atoms with van der Waals surface area (Å²) < 4.78 is 54.6. The molecular weight excluding hydrogens is 388 g/mol. The molecule has 0 spiro atoms. The molecule has 1 aliphatic carbocycles. The Labute approximate surface area is 164 Å². The molecule has 8 heteroatoms. The molecule has 1 fully saturated rings. The first-order valence-corrected chi connectivity index (χ1v) is 9.45. The van der Waals surface area contributed by atoms with E-state index in [1.807, 2.05) is 5.32 Å². The number of nitrogens with one attached hydrogen (secondary N) is 1. The number of hydrogen-bond donors (Lipinski definition) is 1. The van der Waals surface area contributed by atoms with Gasteiger partial charge in [0.05, 0.1) is 11.1 Å². The maximum atomic E-state index is 13.9. The molecular formula is C21H18F4N2O2. The van der Waals surface area contributed by atoms with E-state index in [9.17, 15) is 27.2 Å². The zero-order valence-corrected chi connectivity index (χ0v) is 15.4. The number of hydrogen-bond acceptors (Lipinski definition) is 2. The molecule has 1 N–H and O–H groups in total. The van der Waals surface area contributed by atoms with Gasteiger partial charge in [0.15, 0.2) is 23.3 Å². The summed E-state index contributed by atoms with van der Waals surface area (Å²) in [6, 6.07) is 4.78. The molecule has 2 aromatic carbocycles. The minimum atomic E-state index is -1.71. The molecule has 0 unspecified atom stereocenters. The van der Waals surface area contributed by atoms with Crippen LogP contribution < -0.4 is 5.32 Å². The van der Waals surface area contributed by atoms with Crippen molar-refractivity contribution in [2.45, 2.75) is 44.7 Å². The Balaban J connectivity index is 1.65. The summed E-state index contributed by atoms with van der Waals surface area (Å²) in [5.74, 6) is -8.00. The third kappa shape index (κ3) is 3.36. The van der Waals surface area contributed by atoms with Crippen LogP contribution in [-0.2, 0) is 6.54 Å². The second kappa shape index (κ2) is 7.50. The second-order valence-electron chi connectivity index (χ2n) is 7.36. The van der Waals surface area contributed by atoms with Gasteiger partial charge in [0.2, 0.25) is 0 Å². The van der Waals surface area contributed by atoms with Gasteiger partial charge in [-0.05, 0) is 24.5 Å². The van der Waals surface area contributed by atoms with Crippen molar-refractivity contribution < 1.29 is 27.2 Å². The van der Waals surface area contributed by atoms with Gasteiger partial charge in [0.1, 0.15) is 5.69 Å². The number of halogens is 4. The van der Waals surface area contributed by atoms with Gasteiger partial charge in [0.25, 0.3) is 11.8 Å². The summed E-state index contributed by atoms with van der Waals surface area (Å²) >= 11 is 0. The van der Waals surface area contributed by atoms with E-state index >= 15 is 0 Å². The molecule has 2 amide bonds. The van der Waals surface area contributed by atoms with E-state index < -0.39 is 34.9 Å². The highest BCUT2D eigenvalue weighted by Crippen LogP contribution is 2.33. The molecule has 0 atom stereocenters. The van der Waals surface area contributed by atoms with Gasteiger partial charge in [-0.25, -0.2) is 17.6 Å². The fourth-order valence-corrected chi connectivity index (χ4v) is 4.12. The van der Waals surface area contributed by atoms with Crippen LogP contribution in [0.5, 0.6) is 0 Å². The number of fused-ring (bicyclic) bond motifs is 1. The summed E-state index contributed by atoms with van der Waals surface area (Å²) in [5.41, 5.74) is -0.512. The van der Waals surface area contributed by atoms with E-state index in [0.29, 0.717) is 12.1 Å². The fourth-order valence-electron chi connectivity index (χ4n) is 4.12. The lowest BCUT2D eigenvalue weighted by molar-refractivity contribution is 0.0657. The summed E-state index contributed by atoms with van der Waals surface area (Å²) in [6.45, 7) is 0.358. The third-order valence-corrected chi connectivity index (χ3v) is 5.58. The minimum absolute atomic E-state index is 0.0616. The molecule has 0 saturated heterocycles. The van der Waals surface area contributed by atoms with Crippen LogP contribution >= 0.6 is 0 Å². The van der Waals surface area contributed by atoms with Gasteiger partial charge >= 0.3 is 0 Å². The number of nitrogens with zero attached hydrogens (tertiary/aromatic N) is 1. The SMILES string of the molecule is O=C(Nc1c(F)c(F)cc(F)c1F)c1cccc2c1C(=O)N(C1CCCCC1)C2. The molecule has 2 aliphatic rings. The van der Waals surface area contributed by atoms with Crippen molar-refractivity contribution in [2.75, 3.05) is 5.32 Å². The van der Waals surface area contributed by atoms with Crippen LogP contribution in [0.25, 0.3) is 0 Å². The van der Waals surface area contributed by atoms with Gasteiger partial charge in [-0.15, -0.1) is 0 Å². The molecule has 1 saturated carbocycles. The minimum Gasteiger partial charge on any atom is -0.331 e. The van der Waals surface area contributed by atoms with Gasteiger partial charge in [-0.2, -0.15) is 0 Å². The van der Waals surface area contributed by atoms with Gasteiger partial charge in [-0.1, -0.05) is 31.4 Å². The number of benzene rings is 2. The van der Waals surface area contributed by atoms with Crippen LogP contribution in [0.3, 0.4) is 0 Å². The zero-order valence-electron chi connectivity index (χ0n) is 15.4. The Morgan fingerprint density at radius 2 is 1.66 bits per heavy atom. The Kier molecular flexibility index (Phi) is 5.02. The number of carbonyl (C=O) groups excluding carboxylic acids is 2. The first-order valence-electron chi connectivity index (χ1n) is 9.45. The van der Waals surface area contributed by atoms with E-state index in [2.05, 4.69) is 0 Å². The van der Waals surface area contributed by atoms with Crippen LogP contribution in [0.4, 0.5) is 23.2 Å². The number of rotatable bonds is 3. The zero-order chi connectivity index (χ0) is 20.7. The quantitative estimate of drug-likeness (QED) is 0.589. The van der Waals surface area contributed by atoms with Crippen LogP contribution in [-0.4, -0.2) is 22.8 Å². The van der Waals surface area contributed by atoms with E-state index in [0.717, 1.165) is 32.1 Å². The highest BCUT2D eigenvalue weighted by molar-refractivity contribution is 6.13. The van der Waals surface area contributed by atoms with Crippen molar-refractivity contribution in [1.29, 1.82) is 0 Å². The maximum absolute atomic E-state index is 13.9. The fraction of sp³-hybridized carbons (Fsp3) is 0.333. The molecule has 1 heterocycles. The van der Waals surface area contributed by atoms with Gasteiger partial charge in [-0.3, -0.25) is 9.59 Å². The van der Waals surface area contributed by atoms with Gasteiger partial charge < -0.3 is 10.2 Å². The molecule has 0 radical (unpaired) electrons. The first-order chi connectivity index (χ1) is 13.9. The average molecular weight is 406 g/mol. The van der Waals surface area contributed by atoms with E-state index in [-0.39, 0.29) is 29.1 Å². The van der Waals surface area contributed by atoms with Gasteiger partial charge in [0, 0.05) is 18.7 Å². The van der Waals surface area contributed by atoms with E-state index in [1.54, 1.807) is 17.0 Å². The average Bonchev–Trinajstić information content (AvgIpc) is 3.07. The molecule has 29 heavy (non-hydrogen) atoms. The monoisotopic (exact) mass is 406 g/mol. The topological polar surface area (TPSA) is 49.4 Å². The van der Waals surface area contributed by atoms with Crippen LogP contribution in [0.15, 0.2) is 24.3 Å². The molecule has 2 aromatic rings. The molecule has 0 bridgehead atoms. The first kappa shape index (κ1) is 19.4. The smallest absolute Gasteiger partial charge is 0.256 e. The highest BCUT2D eigenvalue weighted by atomic mass is 19.2. The predicted molar refractivity (Wildman–Crippen MR) is 97.4 cm³/mol. The largest absolute Gasteiger partial charge is 0.331 e. The Bertz CT molecular complexity index is 976. The molecule has 4 rings (SSSR count). The normalized spacial score (nSPS) is 16.8. The number of amides is 2. The Hall–Kier alpha value is -2.90. The summed E-state index contributed by atoms with van der Waals surface area (Å²) in [5, 5.41) is 1.88. The van der Waals surface area contributed by atoms with Crippen LogP contribution in [0, 0.1) is 23.3 Å². The lowest BCUT2D eigenvalue weighted by Gasteiger charge is -2.30. The van der Waals surface area contributed by atoms with Crippen LogP contribution in [0.1, 0.15) is 58.4 Å². The van der Waals surface area contributed by atoms with E-state index in [4.69, 9.17) is 0 Å². The number of anilines is 1. The molecule has 152 valence electrons. The summed E-state index contributed by atoms with van der Waals surface area (Å²) in [4.78, 5) is 27.4. The summed E-state index contributed by atoms with van der Waals surface area (Å²) in [6.07, 6.45) is 4.96. The van der Waals surface area contributed by atoms with E-state index in [1.165, 1.54) is 6.07 Å². The second-order valence-corrected chi connectivity index (χ2v) is 7.36. The van der Waals surface area contributed by atoms with Crippen molar-refractivity contribution in [2.24, 2.45) is 0 Å². The van der Waals surface area contributed by atoms with Crippen molar-refractivity contribution in [3.63, 3.8) is 0 Å². The predicted octanol–water partition coefficient (Wildman–Crippen LogP) is 4.78. The maximum Gasteiger partial charge on any atom is 0.256 e. The van der Waals surface area contributed by atoms with Crippen molar-refractivity contribution in [1.82, 2.24) is 4.90 Å². The molecule has 1 aliphatic heterocycles. The van der Waals surface area contributed by atoms with Crippen molar-refractivity contribution in [3.05, 3.63) is 64.2 Å². The third-order valence-electron chi connectivity index (χ3n) is 5.58. The Morgan fingerprint density at radius 1 is 1.00 bits per heavy atom. The number of carbonyl (C=O) groups is 2. The summed E-state index contributed by atoms with van der Waals surface area (Å²) in [7, 11) is 0. The Morgan fingerprint density at radius 3 is 2.31 bits per heavy atom. The highest BCUT2D eigenvalue weighted by Gasteiger charge is 2.36. The standard InChI is InChI=1S/C21H18F4N2O2/c22-14-9-15(23)18(25)19(17(14)24)26-20(28)13-8-4-5-11-10-27(21(29)16(11)13)12-6-2-1-3-7-12/h4-5,8-9,12H,1-3,6-7,10H2,(H,26,28). The lowest BCUT2D eigenvalue weighted by atomic mass is 9.94.